The zero-order chi connectivity index (χ0) is 10.1. The molecule has 0 aliphatic heterocycles. The number of fused-ring (bicyclic) bond motifs is 1. The van der Waals surface area contributed by atoms with Gasteiger partial charge in [0.15, 0.2) is 11.5 Å². The summed E-state index contributed by atoms with van der Waals surface area (Å²) in [5, 5.41) is 3.00. The van der Waals surface area contributed by atoms with Crippen molar-refractivity contribution in [3.8, 4) is 11.5 Å². The number of anilines is 1. The molecule has 0 fully saturated rings. The van der Waals surface area contributed by atoms with Crippen molar-refractivity contribution in [3.05, 3.63) is 17.5 Å². The van der Waals surface area contributed by atoms with Gasteiger partial charge in [0.1, 0.15) is 0 Å². The Morgan fingerprint density at radius 2 is 2.07 bits per heavy atom. The van der Waals surface area contributed by atoms with E-state index in [9.17, 15) is 0 Å². The molecule has 0 bridgehead atoms. The lowest BCUT2D eigenvalue weighted by molar-refractivity contribution is 0.359. The van der Waals surface area contributed by atoms with E-state index in [0.717, 1.165) is 21.5 Å². The SMILES string of the molecule is COc1cc(N)c2sccc2c1OC. The first-order valence-corrected chi connectivity index (χ1v) is 5.03. The van der Waals surface area contributed by atoms with Crippen molar-refractivity contribution in [2.45, 2.75) is 0 Å². The van der Waals surface area contributed by atoms with Gasteiger partial charge in [-0.2, -0.15) is 0 Å². The highest BCUT2D eigenvalue weighted by Crippen LogP contribution is 2.41. The third-order valence-electron chi connectivity index (χ3n) is 2.11. The maximum atomic E-state index is 5.88. The van der Waals surface area contributed by atoms with Crippen molar-refractivity contribution in [1.82, 2.24) is 0 Å². The van der Waals surface area contributed by atoms with Crippen LogP contribution in [0.25, 0.3) is 10.1 Å². The van der Waals surface area contributed by atoms with Gasteiger partial charge in [-0.1, -0.05) is 0 Å². The fraction of sp³-hybridized carbons (Fsp3) is 0.200. The number of methoxy groups -OCH3 is 2. The van der Waals surface area contributed by atoms with Gasteiger partial charge in [-0.25, -0.2) is 0 Å². The van der Waals surface area contributed by atoms with Crippen molar-refractivity contribution in [3.63, 3.8) is 0 Å². The van der Waals surface area contributed by atoms with E-state index in [1.165, 1.54) is 0 Å². The minimum atomic E-state index is 0.677. The van der Waals surface area contributed by atoms with Gasteiger partial charge in [-0.3, -0.25) is 0 Å². The summed E-state index contributed by atoms with van der Waals surface area (Å²) in [6, 6.07) is 3.77. The van der Waals surface area contributed by atoms with Gasteiger partial charge in [-0.05, 0) is 11.4 Å². The smallest absolute Gasteiger partial charge is 0.169 e. The molecule has 0 radical (unpaired) electrons. The van der Waals surface area contributed by atoms with Crippen LogP contribution in [0.2, 0.25) is 0 Å². The van der Waals surface area contributed by atoms with Crippen molar-refractivity contribution in [2.75, 3.05) is 20.0 Å². The zero-order valence-electron chi connectivity index (χ0n) is 8.03. The molecule has 2 N–H and O–H groups in total. The Bertz CT molecular complexity index is 464. The molecule has 0 aliphatic rings. The molecule has 2 rings (SSSR count). The second kappa shape index (κ2) is 3.38. The quantitative estimate of drug-likeness (QED) is 0.773. The van der Waals surface area contributed by atoms with Crippen molar-refractivity contribution < 1.29 is 9.47 Å². The van der Waals surface area contributed by atoms with Crippen molar-refractivity contribution in [2.24, 2.45) is 0 Å². The van der Waals surface area contributed by atoms with Gasteiger partial charge in [0.05, 0.1) is 24.6 Å². The fourth-order valence-electron chi connectivity index (χ4n) is 1.48. The highest BCUT2D eigenvalue weighted by molar-refractivity contribution is 7.17. The van der Waals surface area contributed by atoms with Crippen LogP contribution in [0.4, 0.5) is 5.69 Å². The number of nitrogens with two attached hydrogens (primary N) is 1. The Morgan fingerprint density at radius 3 is 2.71 bits per heavy atom. The molecule has 2 aromatic rings. The molecule has 0 unspecified atom stereocenters. The molecule has 4 heteroatoms. The van der Waals surface area contributed by atoms with E-state index in [4.69, 9.17) is 15.2 Å². The highest BCUT2D eigenvalue weighted by atomic mass is 32.1. The maximum absolute atomic E-state index is 5.88. The van der Waals surface area contributed by atoms with Gasteiger partial charge in [0.2, 0.25) is 0 Å². The van der Waals surface area contributed by atoms with Crippen LogP contribution in [0.5, 0.6) is 11.5 Å². The second-order valence-electron chi connectivity index (χ2n) is 2.86. The molecule has 1 aromatic heterocycles. The number of hydrogen-bond donors (Lipinski definition) is 1. The predicted molar refractivity (Wildman–Crippen MR) is 59.3 cm³/mol. The van der Waals surface area contributed by atoms with Gasteiger partial charge >= 0.3 is 0 Å². The lowest BCUT2D eigenvalue weighted by atomic mass is 10.2. The predicted octanol–water partition coefficient (Wildman–Crippen LogP) is 2.50. The van der Waals surface area contributed by atoms with E-state index >= 15 is 0 Å². The number of ether oxygens (including phenoxy) is 2. The largest absolute Gasteiger partial charge is 0.493 e. The number of nitrogen functional groups attached to an aromatic ring is 1. The molecule has 0 saturated carbocycles. The van der Waals surface area contributed by atoms with Crippen LogP contribution >= 0.6 is 11.3 Å². The first-order chi connectivity index (χ1) is 6.77. The van der Waals surface area contributed by atoms with E-state index < -0.39 is 0 Å². The number of hydrogen-bond acceptors (Lipinski definition) is 4. The molecule has 0 atom stereocenters. The number of rotatable bonds is 2. The third kappa shape index (κ3) is 1.19. The third-order valence-corrected chi connectivity index (χ3v) is 3.07. The Morgan fingerprint density at radius 1 is 1.29 bits per heavy atom. The lowest BCUT2D eigenvalue weighted by Gasteiger charge is -2.09. The van der Waals surface area contributed by atoms with E-state index in [-0.39, 0.29) is 0 Å². The first kappa shape index (κ1) is 9.15. The molecule has 0 amide bonds. The normalized spacial score (nSPS) is 10.4. The molecule has 14 heavy (non-hydrogen) atoms. The van der Waals surface area contributed by atoms with Gasteiger partial charge in [-0.15, -0.1) is 11.3 Å². The average Bonchev–Trinajstić information content (AvgIpc) is 2.66. The van der Waals surface area contributed by atoms with Gasteiger partial charge < -0.3 is 15.2 Å². The minimum absolute atomic E-state index is 0.677. The first-order valence-electron chi connectivity index (χ1n) is 4.15. The lowest BCUT2D eigenvalue weighted by Crippen LogP contribution is -1.93. The van der Waals surface area contributed by atoms with Crippen LogP contribution in [0, 0.1) is 0 Å². The molecule has 0 saturated heterocycles. The second-order valence-corrected chi connectivity index (χ2v) is 3.78. The zero-order valence-corrected chi connectivity index (χ0v) is 8.85. The summed E-state index contributed by atoms with van der Waals surface area (Å²) >= 11 is 1.60. The van der Waals surface area contributed by atoms with Gasteiger partial charge in [0, 0.05) is 11.5 Å². The Labute approximate surface area is 86.1 Å². The van der Waals surface area contributed by atoms with E-state index in [1.54, 1.807) is 31.6 Å². The summed E-state index contributed by atoms with van der Waals surface area (Å²) in [6.45, 7) is 0. The average molecular weight is 209 g/mol. The van der Waals surface area contributed by atoms with E-state index in [1.807, 2.05) is 11.4 Å². The molecule has 0 spiro atoms. The van der Waals surface area contributed by atoms with E-state index in [2.05, 4.69) is 0 Å². The maximum Gasteiger partial charge on any atom is 0.169 e. The Kier molecular flexibility index (Phi) is 2.21. The molecular weight excluding hydrogens is 198 g/mol. The Hall–Kier alpha value is -1.42. The van der Waals surface area contributed by atoms with Crippen LogP contribution in [0.1, 0.15) is 0 Å². The molecule has 1 heterocycles. The molecule has 1 aromatic carbocycles. The molecule has 74 valence electrons. The van der Waals surface area contributed by atoms with E-state index in [0.29, 0.717) is 5.75 Å². The van der Waals surface area contributed by atoms with Crippen LogP contribution in [0.15, 0.2) is 17.5 Å². The summed E-state index contributed by atoms with van der Waals surface area (Å²) in [7, 11) is 3.24. The summed E-state index contributed by atoms with van der Waals surface area (Å²) in [5.41, 5.74) is 6.60. The van der Waals surface area contributed by atoms with Gasteiger partial charge in [0.25, 0.3) is 0 Å². The van der Waals surface area contributed by atoms with Crippen LogP contribution in [-0.4, -0.2) is 14.2 Å². The van der Waals surface area contributed by atoms with Crippen LogP contribution in [-0.2, 0) is 0 Å². The molecule has 3 nitrogen and oxygen atoms in total. The molecular formula is C10H11NO2S. The standard InChI is InChI=1S/C10H11NO2S/c1-12-8-5-7(11)10-6(3-4-14-10)9(8)13-2/h3-5H,11H2,1-2H3. The monoisotopic (exact) mass is 209 g/mol. The number of benzene rings is 1. The minimum Gasteiger partial charge on any atom is -0.493 e. The summed E-state index contributed by atoms with van der Waals surface area (Å²) in [5.74, 6) is 1.42. The van der Waals surface area contributed by atoms with Crippen molar-refractivity contribution >= 4 is 27.1 Å². The fourth-order valence-corrected chi connectivity index (χ4v) is 2.30. The number of thiophene rings is 1. The summed E-state index contributed by atoms with van der Waals surface area (Å²) < 4.78 is 11.5. The summed E-state index contributed by atoms with van der Waals surface area (Å²) in [6.07, 6.45) is 0. The van der Waals surface area contributed by atoms with Crippen molar-refractivity contribution in [1.29, 1.82) is 0 Å². The van der Waals surface area contributed by atoms with Crippen LogP contribution in [0.3, 0.4) is 0 Å². The highest BCUT2D eigenvalue weighted by Gasteiger charge is 2.12. The van der Waals surface area contributed by atoms with Crippen LogP contribution < -0.4 is 15.2 Å². The molecule has 0 aliphatic carbocycles. The Balaban J connectivity index is 2.82. The topological polar surface area (TPSA) is 44.5 Å². The summed E-state index contributed by atoms with van der Waals surface area (Å²) in [4.78, 5) is 0.